The Kier molecular flexibility index (Phi) is 6.28. The van der Waals surface area contributed by atoms with E-state index in [1.165, 1.54) is 25.3 Å². The van der Waals surface area contributed by atoms with Gasteiger partial charge in [0.2, 0.25) is 0 Å². The van der Waals surface area contributed by atoms with E-state index in [-0.39, 0.29) is 22.2 Å². The van der Waals surface area contributed by atoms with E-state index in [1.54, 1.807) is 24.3 Å². The van der Waals surface area contributed by atoms with Gasteiger partial charge in [-0.1, -0.05) is 17.7 Å². The molecule has 0 spiro atoms. The van der Waals surface area contributed by atoms with Crippen LogP contribution in [0.15, 0.2) is 42.5 Å². The summed E-state index contributed by atoms with van der Waals surface area (Å²) in [6.07, 6.45) is 1.07. The zero-order valence-electron chi connectivity index (χ0n) is 15.2. The van der Waals surface area contributed by atoms with E-state index >= 15 is 0 Å². The standard InChI is InChI=1S/C20H19ClN2O5/c1-27-20(26)13-7-8-15(21)16(11-13)23-18(24)12-4-2-5-14(10-12)22-19(25)17-6-3-9-28-17/h2,4-5,7-8,10-11,17H,3,6,9H2,1H3,(H,22,25)(H,23,24). The predicted octanol–water partition coefficient (Wildman–Crippen LogP) is 3.50. The average Bonchev–Trinajstić information content (AvgIpc) is 3.24. The van der Waals surface area contributed by atoms with Gasteiger partial charge in [0.05, 0.1) is 23.4 Å². The van der Waals surface area contributed by atoms with Gasteiger partial charge in [0.1, 0.15) is 6.10 Å². The molecule has 3 rings (SSSR count). The number of nitrogens with one attached hydrogen (secondary N) is 2. The van der Waals surface area contributed by atoms with Gasteiger partial charge in [-0.2, -0.15) is 0 Å². The third-order valence-corrected chi connectivity index (χ3v) is 4.58. The van der Waals surface area contributed by atoms with Crippen molar-refractivity contribution < 1.29 is 23.9 Å². The molecular formula is C20H19ClN2O5. The largest absolute Gasteiger partial charge is 0.465 e. The maximum atomic E-state index is 12.6. The van der Waals surface area contributed by atoms with Crippen LogP contribution in [-0.2, 0) is 14.3 Å². The number of ether oxygens (including phenoxy) is 2. The molecule has 1 heterocycles. The molecular weight excluding hydrogens is 384 g/mol. The number of carbonyl (C=O) groups excluding carboxylic acids is 3. The molecule has 2 amide bonds. The fourth-order valence-electron chi connectivity index (χ4n) is 2.81. The number of benzene rings is 2. The Balaban J connectivity index is 1.72. The van der Waals surface area contributed by atoms with Crippen molar-refractivity contribution in [3.63, 3.8) is 0 Å². The monoisotopic (exact) mass is 402 g/mol. The third-order valence-electron chi connectivity index (χ3n) is 4.25. The van der Waals surface area contributed by atoms with E-state index < -0.39 is 18.0 Å². The molecule has 1 fully saturated rings. The lowest BCUT2D eigenvalue weighted by atomic mass is 10.1. The number of anilines is 2. The molecule has 1 atom stereocenters. The van der Waals surface area contributed by atoms with Crippen LogP contribution in [-0.4, -0.2) is 37.6 Å². The molecule has 8 heteroatoms. The van der Waals surface area contributed by atoms with Crippen molar-refractivity contribution in [2.24, 2.45) is 0 Å². The number of carbonyl (C=O) groups is 3. The van der Waals surface area contributed by atoms with Gasteiger partial charge in [-0.15, -0.1) is 0 Å². The smallest absolute Gasteiger partial charge is 0.337 e. The van der Waals surface area contributed by atoms with Crippen molar-refractivity contribution in [2.75, 3.05) is 24.4 Å². The second-order valence-electron chi connectivity index (χ2n) is 6.21. The van der Waals surface area contributed by atoms with Crippen molar-refractivity contribution in [3.05, 3.63) is 58.6 Å². The van der Waals surface area contributed by atoms with Gasteiger partial charge in [0.15, 0.2) is 0 Å². The first-order valence-electron chi connectivity index (χ1n) is 8.69. The number of hydrogen-bond acceptors (Lipinski definition) is 5. The summed E-state index contributed by atoms with van der Waals surface area (Å²) < 4.78 is 10.0. The van der Waals surface area contributed by atoms with Crippen molar-refractivity contribution in [2.45, 2.75) is 18.9 Å². The van der Waals surface area contributed by atoms with E-state index in [0.717, 1.165) is 6.42 Å². The van der Waals surface area contributed by atoms with Crippen LogP contribution in [0, 0.1) is 0 Å². The SMILES string of the molecule is COC(=O)c1ccc(Cl)c(NC(=O)c2cccc(NC(=O)C3CCCO3)c2)c1. The van der Waals surface area contributed by atoms with Gasteiger partial charge >= 0.3 is 5.97 Å². The Labute approximate surface area is 167 Å². The van der Waals surface area contributed by atoms with Crippen LogP contribution >= 0.6 is 11.6 Å². The van der Waals surface area contributed by atoms with E-state index in [4.69, 9.17) is 16.3 Å². The van der Waals surface area contributed by atoms with Gasteiger partial charge < -0.3 is 20.1 Å². The normalized spacial score (nSPS) is 15.7. The van der Waals surface area contributed by atoms with Gasteiger partial charge in [0.25, 0.3) is 11.8 Å². The van der Waals surface area contributed by atoms with Crippen molar-refractivity contribution in [3.8, 4) is 0 Å². The average molecular weight is 403 g/mol. The summed E-state index contributed by atoms with van der Waals surface area (Å²) in [5, 5.41) is 5.70. The second kappa shape index (κ2) is 8.86. The first-order valence-corrected chi connectivity index (χ1v) is 9.07. The molecule has 2 N–H and O–H groups in total. The number of halogens is 1. The number of rotatable bonds is 5. The maximum absolute atomic E-state index is 12.6. The Hall–Kier alpha value is -2.90. The summed E-state index contributed by atoms with van der Waals surface area (Å²) in [7, 11) is 1.27. The van der Waals surface area contributed by atoms with Crippen molar-refractivity contribution in [1.29, 1.82) is 0 Å². The summed E-state index contributed by atoms with van der Waals surface area (Å²) in [6.45, 7) is 0.575. The molecule has 0 bridgehead atoms. The van der Waals surface area contributed by atoms with Crippen LogP contribution in [0.2, 0.25) is 5.02 Å². The maximum Gasteiger partial charge on any atom is 0.337 e. The number of methoxy groups -OCH3 is 1. The lowest BCUT2D eigenvalue weighted by molar-refractivity contribution is -0.124. The Morgan fingerprint density at radius 3 is 2.64 bits per heavy atom. The van der Waals surface area contributed by atoms with E-state index in [9.17, 15) is 14.4 Å². The fraction of sp³-hybridized carbons (Fsp3) is 0.250. The van der Waals surface area contributed by atoms with Crippen LogP contribution in [0.3, 0.4) is 0 Å². The Morgan fingerprint density at radius 1 is 1.11 bits per heavy atom. The molecule has 1 saturated heterocycles. The molecule has 2 aromatic carbocycles. The minimum absolute atomic E-state index is 0.233. The summed E-state index contributed by atoms with van der Waals surface area (Å²) in [5.41, 5.74) is 1.36. The van der Waals surface area contributed by atoms with Crippen molar-refractivity contribution in [1.82, 2.24) is 0 Å². The minimum atomic E-state index is -0.536. The number of esters is 1. The van der Waals surface area contributed by atoms with Crippen LogP contribution in [0.1, 0.15) is 33.6 Å². The summed E-state index contributed by atoms with van der Waals surface area (Å²) in [4.78, 5) is 36.4. The van der Waals surface area contributed by atoms with Crippen LogP contribution < -0.4 is 10.6 Å². The summed E-state index contributed by atoms with van der Waals surface area (Å²) in [6, 6.07) is 11.0. The molecule has 28 heavy (non-hydrogen) atoms. The third kappa shape index (κ3) is 4.68. The molecule has 0 radical (unpaired) electrons. The molecule has 1 unspecified atom stereocenters. The van der Waals surface area contributed by atoms with Crippen LogP contribution in [0.5, 0.6) is 0 Å². The Bertz CT molecular complexity index is 909. The highest BCUT2D eigenvalue weighted by atomic mass is 35.5. The first kappa shape index (κ1) is 19.9. The van der Waals surface area contributed by atoms with Gasteiger partial charge in [-0.3, -0.25) is 9.59 Å². The zero-order chi connectivity index (χ0) is 20.1. The van der Waals surface area contributed by atoms with Gasteiger partial charge in [-0.25, -0.2) is 4.79 Å². The molecule has 146 valence electrons. The summed E-state index contributed by atoms with van der Waals surface area (Å²) >= 11 is 6.11. The summed E-state index contributed by atoms with van der Waals surface area (Å²) in [5.74, 6) is -1.20. The Morgan fingerprint density at radius 2 is 1.93 bits per heavy atom. The van der Waals surface area contributed by atoms with Crippen molar-refractivity contribution >= 4 is 40.8 Å². The molecule has 7 nitrogen and oxygen atoms in total. The number of hydrogen-bond donors (Lipinski definition) is 2. The molecule has 1 aliphatic heterocycles. The highest BCUT2D eigenvalue weighted by Gasteiger charge is 2.23. The lowest BCUT2D eigenvalue weighted by Crippen LogP contribution is -2.27. The number of amides is 2. The molecule has 0 aromatic heterocycles. The van der Waals surface area contributed by atoms with Gasteiger partial charge in [0, 0.05) is 17.9 Å². The topological polar surface area (TPSA) is 93.7 Å². The molecule has 2 aromatic rings. The fourth-order valence-corrected chi connectivity index (χ4v) is 2.97. The quantitative estimate of drug-likeness (QED) is 0.746. The van der Waals surface area contributed by atoms with E-state index in [2.05, 4.69) is 15.4 Å². The molecule has 0 aliphatic carbocycles. The zero-order valence-corrected chi connectivity index (χ0v) is 15.9. The van der Waals surface area contributed by atoms with Crippen LogP contribution in [0.25, 0.3) is 0 Å². The first-order chi connectivity index (χ1) is 13.5. The lowest BCUT2D eigenvalue weighted by Gasteiger charge is -2.12. The highest BCUT2D eigenvalue weighted by molar-refractivity contribution is 6.34. The second-order valence-corrected chi connectivity index (χ2v) is 6.62. The highest BCUT2D eigenvalue weighted by Crippen LogP contribution is 2.24. The molecule has 0 saturated carbocycles. The van der Waals surface area contributed by atoms with E-state index in [0.29, 0.717) is 24.3 Å². The minimum Gasteiger partial charge on any atom is -0.465 e. The predicted molar refractivity (Wildman–Crippen MR) is 105 cm³/mol. The van der Waals surface area contributed by atoms with Crippen LogP contribution in [0.4, 0.5) is 11.4 Å². The molecule has 1 aliphatic rings. The van der Waals surface area contributed by atoms with Gasteiger partial charge in [-0.05, 0) is 49.2 Å². The van der Waals surface area contributed by atoms with E-state index in [1.807, 2.05) is 0 Å².